The first-order chi connectivity index (χ1) is 10.5. The summed E-state index contributed by atoms with van der Waals surface area (Å²) in [5.74, 6) is 1.10. The predicted octanol–water partition coefficient (Wildman–Crippen LogP) is 2.66. The molecule has 0 bridgehead atoms. The van der Waals surface area contributed by atoms with Crippen LogP contribution in [0.1, 0.15) is 52.4 Å². The van der Waals surface area contributed by atoms with Crippen LogP contribution in [0.2, 0.25) is 0 Å². The third-order valence-electron chi connectivity index (χ3n) is 4.77. The number of hydrogen-bond acceptors (Lipinski definition) is 6. The van der Waals surface area contributed by atoms with Gasteiger partial charge in [-0.05, 0) is 31.1 Å². The molecule has 2 unspecified atom stereocenters. The lowest BCUT2D eigenvalue weighted by Crippen LogP contribution is -2.38. The van der Waals surface area contributed by atoms with Gasteiger partial charge in [-0.3, -0.25) is 0 Å². The molecule has 1 saturated heterocycles. The van der Waals surface area contributed by atoms with Crippen LogP contribution in [0.15, 0.2) is 9.64 Å². The predicted molar refractivity (Wildman–Crippen MR) is 83.5 cm³/mol. The van der Waals surface area contributed by atoms with E-state index >= 15 is 0 Å². The van der Waals surface area contributed by atoms with E-state index in [9.17, 15) is 8.42 Å². The highest BCUT2D eigenvalue weighted by Gasteiger charge is 2.35. The highest BCUT2D eigenvalue weighted by atomic mass is 32.2. The summed E-state index contributed by atoms with van der Waals surface area (Å²) in [4.78, 5) is 2.02. The van der Waals surface area contributed by atoms with Crippen molar-refractivity contribution >= 4 is 15.9 Å². The van der Waals surface area contributed by atoms with Gasteiger partial charge in [-0.2, -0.15) is 0 Å². The van der Waals surface area contributed by atoms with E-state index in [4.69, 9.17) is 4.42 Å². The van der Waals surface area contributed by atoms with Crippen molar-refractivity contribution in [3.63, 3.8) is 0 Å². The molecule has 2 fully saturated rings. The van der Waals surface area contributed by atoms with Crippen molar-refractivity contribution in [2.24, 2.45) is 11.8 Å². The Bertz CT molecular complexity index is 597. The fraction of sp³-hybridized carbons (Fsp3) is 0.867. The fourth-order valence-electron chi connectivity index (χ4n) is 3.78. The van der Waals surface area contributed by atoms with E-state index in [1.165, 1.54) is 6.42 Å². The Labute approximate surface area is 132 Å². The summed E-state index contributed by atoms with van der Waals surface area (Å²) in [5.41, 5.74) is 0. The Kier molecular flexibility index (Phi) is 4.43. The smallest absolute Gasteiger partial charge is 0.337 e. The standard InChI is InChI=1S/C15H25N3O3S/c1-11-8-12(2)10-18(9-11)14-16-17-15(21-14)22(19,20)13-6-4-3-5-7-13/h11-13H,3-10H2,1-2H3. The normalized spacial score (nSPS) is 28.0. The van der Waals surface area contributed by atoms with Crippen molar-refractivity contribution in [3.8, 4) is 0 Å². The van der Waals surface area contributed by atoms with Crippen molar-refractivity contribution in [2.75, 3.05) is 18.0 Å². The van der Waals surface area contributed by atoms with Crippen molar-refractivity contribution in [2.45, 2.75) is 62.8 Å². The third kappa shape index (κ3) is 3.14. The first-order valence-electron chi connectivity index (χ1n) is 8.29. The van der Waals surface area contributed by atoms with Gasteiger partial charge >= 0.3 is 11.2 Å². The molecule has 124 valence electrons. The molecule has 22 heavy (non-hydrogen) atoms. The van der Waals surface area contributed by atoms with Crippen molar-refractivity contribution < 1.29 is 12.8 Å². The summed E-state index contributed by atoms with van der Waals surface area (Å²) >= 11 is 0. The average molecular weight is 327 g/mol. The molecular weight excluding hydrogens is 302 g/mol. The van der Waals surface area contributed by atoms with Gasteiger partial charge in [0.15, 0.2) is 0 Å². The van der Waals surface area contributed by atoms with Gasteiger partial charge in [0.05, 0.1) is 5.25 Å². The quantitative estimate of drug-likeness (QED) is 0.849. The van der Waals surface area contributed by atoms with Gasteiger partial charge in [-0.25, -0.2) is 8.42 Å². The van der Waals surface area contributed by atoms with Crippen LogP contribution in [0, 0.1) is 11.8 Å². The Morgan fingerprint density at radius 3 is 2.32 bits per heavy atom. The average Bonchev–Trinajstić information content (AvgIpc) is 2.98. The second kappa shape index (κ2) is 6.18. The number of rotatable bonds is 3. The number of sulfone groups is 1. The monoisotopic (exact) mass is 327 g/mol. The SMILES string of the molecule is CC1CC(C)CN(c2nnc(S(=O)(=O)C3CCCCC3)o2)C1. The second-order valence-electron chi connectivity index (χ2n) is 7.01. The maximum Gasteiger partial charge on any atom is 0.337 e. The highest BCUT2D eigenvalue weighted by molar-refractivity contribution is 7.91. The van der Waals surface area contributed by atoms with Crippen molar-refractivity contribution in [1.29, 1.82) is 0 Å². The zero-order chi connectivity index (χ0) is 15.7. The lowest BCUT2D eigenvalue weighted by atomic mass is 9.92. The summed E-state index contributed by atoms with van der Waals surface area (Å²) in [5, 5.41) is 7.29. The van der Waals surface area contributed by atoms with E-state index in [-0.39, 0.29) is 10.5 Å². The Morgan fingerprint density at radius 2 is 1.68 bits per heavy atom. The first-order valence-corrected chi connectivity index (χ1v) is 9.84. The Morgan fingerprint density at radius 1 is 1.05 bits per heavy atom. The largest absolute Gasteiger partial charge is 0.394 e. The van der Waals surface area contributed by atoms with Crippen molar-refractivity contribution in [3.05, 3.63) is 0 Å². The van der Waals surface area contributed by atoms with Crippen LogP contribution in [-0.4, -0.2) is 37.0 Å². The van der Waals surface area contributed by atoms with Gasteiger partial charge in [0.2, 0.25) is 9.84 Å². The van der Waals surface area contributed by atoms with Crippen LogP contribution >= 0.6 is 0 Å². The maximum atomic E-state index is 12.6. The molecule has 0 spiro atoms. The van der Waals surface area contributed by atoms with Gasteiger partial charge in [0, 0.05) is 13.1 Å². The minimum absolute atomic E-state index is 0.194. The van der Waals surface area contributed by atoms with Crippen LogP contribution in [0.3, 0.4) is 0 Å². The Balaban J connectivity index is 1.78. The van der Waals surface area contributed by atoms with Gasteiger partial charge in [-0.15, -0.1) is 0 Å². The van der Waals surface area contributed by atoms with E-state index in [1.807, 2.05) is 4.90 Å². The number of anilines is 1. The maximum absolute atomic E-state index is 12.6. The molecule has 2 atom stereocenters. The van der Waals surface area contributed by atoms with E-state index in [0.717, 1.165) is 32.4 Å². The number of aromatic nitrogens is 2. The number of hydrogen-bond donors (Lipinski definition) is 0. The lowest BCUT2D eigenvalue weighted by Gasteiger charge is -2.33. The van der Waals surface area contributed by atoms with E-state index in [0.29, 0.717) is 30.7 Å². The highest BCUT2D eigenvalue weighted by Crippen LogP contribution is 2.30. The van der Waals surface area contributed by atoms with Crippen molar-refractivity contribution in [1.82, 2.24) is 10.2 Å². The topological polar surface area (TPSA) is 76.3 Å². The van der Waals surface area contributed by atoms with Crippen LogP contribution in [-0.2, 0) is 9.84 Å². The molecule has 0 N–H and O–H groups in total. The number of nitrogens with zero attached hydrogens (tertiary/aromatic N) is 3. The summed E-state index contributed by atoms with van der Waals surface area (Å²) < 4.78 is 30.7. The molecule has 2 heterocycles. The summed E-state index contributed by atoms with van der Waals surface area (Å²) in [6.45, 7) is 6.07. The minimum atomic E-state index is -3.47. The summed E-state index contributed by atoms with van der Waals surface area (Å²) in [7, 11) is -3.47. The van der Waals surface area contributed by atoms with Gasteiger partial charge in [0.1, 0.15) is 0 Å². The lowest BCUT2D eigenvalue weighted by molar-refractivity contribution is 0.331. The molecule has 0 radical (unpaired) electrons. The molecule has 6 nitrogen and oxygen atoms in total. The van der Waals surface area contributed by atoms with Crippen LogP contribution in [0.5, 0.6) is 0 Å². The zero-order valence-electron chi connectivity index (χ0n) is 13.4. The molecule has 2 aliphatic rings. The molecule has 1 aromatic heterocycles. The van der Waals surface area contributed by atoms with Gasteiger partial charge < -0.3 is 9.32 Å². The molecule has 1 aliphatic heterocycles. The fourth-order valence-corrected chi connectivity index (χ4v) is 5.37. The van der Waals surface area contributed by atoms with E-state index in [2.05, 4.69) is 24.0 Å². The molecule has 1 aliphatic carbocycles. The second-order valence-corrected chi connectivity index (χ2v) is 9.11. The van der Waals surface area contributed by atoms with Crippen LogP contribution < -0.4 is 4.90 Å². The summed E-state index contributed by atoms with van der Waals surface area (Å²) in [6, 6.07) is 0.354. The molecule has 0 aromatic carbocycles. The minimum Gasteiger partial charge on any atom is -0.394 e. The Hall–Kier alpha value is -1.11. The molecule has 3 rings (SSSR count). The molecular formula is C15H25N3O3S. The molecule has 0 amide bonds. The summed E-state index contributed by atoms with van der Waals surface area (Å²) in [6.07, 6.45) is 5.64. The van der Waals surface area contributed by atoms with Gasteiger partial charge in [0.25, 0.3) is 0 Å². The zero-order valence-corrected chi connectivity index (χ0v) is 14.2. The van der Waals surface area contributed by atoms with Crippen LogP contribution in [0.25, 0.3) is 0 Å². The van der Waals surface area contributed by atoms with E-state index < -0.39 is 9.84 Å². The molecule has 7 heteroatoms. The third-order valence-corrected chi connectivity index (χ3v) is 6.77. The first kappa shape index (κ1) is 15.8. The molecule has 1 aromatic rings. The van der Waals surface area contributed by atoms with Gasteiger partial charge in [-0.1, -0.05) is 43.3 Å². The van der Waals surface area contributed by atoms with E-state index in [1.54, 1.807) is 0 Å². The molecule has 1 saturated carbocycles. The van der Waals surface area contributed by atoms with Crippen LogP contribution in [0.4, 0.5) is 6.01 Å². The number of piperidine rings is 1.